The molecule has 1 rings (SSSR count). The van der Waals surface area contributed by atoms with Crippen LogP contribution >= 0.6 is 0 Å². The number of phenolic OH excluding ortho intramolecular Hbond substituents is 1. The van der Waals surface area contributed by atoms with Crippen molar-refractivity contribution in [3.05, 3.63) is 29.3 Å². The zero-order valence-corrected chi connectivity index (χ0v) is 9.12. The smallest absolute Gasteiger partial charge is 0.118 e. The Balaban J connectivity index is 3.00. The SMILES string of the molecule is Cc1ccc(C(CN)C(C)C)cc1O. The number of aromatic hydroxyl groups is 1. The molecule has 0 aliphatic rings. The summed E-state index contributed by atoms with van der Waals surface area (Å²) in [6.45, 7) is 6.81. The zero-order chi connectivity index (χ0) is 10.7. The van der Waals surface area contributed by atoms with Crippen molar-refractivity contribution in [3.63, 3.8) is 0 Å². The second-order valence-electron chi connectivity index (χ2n) is 4.13. The van der Waals surface area contributed by atoms with Crippen molar-refractivity contribution < 1.29 is 5.11 Å². The van der Waals surface area contributed by atoms with E-state index in [9.17, 15) is 5.11 Å². The summed E-state index contributed by atoms with van der Waals surface area (Å²) in [5, 5.41) is 9.59. The number of aryl methyl sites for hydroxylation is 1. The normalized spacial score (nSPS) is 13.2. The second kappa shape index (κ2) is 4.47. The molecule has 0 aliphatic carbocycles. The molecule has 14 heavy (non-hydrogen) atoms. The lowest BCUT2D eigenvalue weighted by atomic mass is 9.88. The number of rotatable bonds is 3. The Kier molecular flexibility index (Phi) is 3.53. The van der Waals surface area contributed by atoms with E-state index in [0.29, 0.717) is 24.1 Å². The molecule has 0 radical (unpaired) electrons. The van der Waals surface area contributed by atoms with E-state index >= 15 is 0 Å². The summed E-state index contributed by atoms with van der Waals surface area (Å²) < 4.78 is 0. The molecule has 0 saturated carbocycles. The summed E-state index contributed by atoms with van der Waals surface area (Å²) in [7, 11) is 0. The molecule has 0 aliphatic heterocycles. The number of nitrogens with two attached hydrogens (primary N) is 1. The molecule has 0 saturated heterocycles. The molecular formula is C12H19NO. The predicted molar refractivity (Wildman–Crippen MR) is 59.5 cm³/mol. The van der Waals surface area contributed by atoms with E-state index in [1.54, 1.807) is 0 Å². The molecule has 0 aromatic heterocycles. The monoisotopic (exact) mass is 193 g/mol. The Bertz CT molecular complexity index is 307. The third-order valence-corrected chi connectivity index (χ3v) is 2.72. The lowest BCUT2D eigenvalue weighted by Gasteiger charge is -2.19. The summed E-state index contributed by atoms with van der Waals surface area (Å²) in [6, 6.07) is 5.81. The second-order valence-corrected chi connectivity index (χ2v) is 4.13. The van der Waals surface area contributed by atoms with Crippen LogP contribution in [0.5, 0.6) is 5.75 Å². The maximum absolute atomic E-state index is 9.59. The minimum Gasteiger partial charge on any atom is -0.508 e. The van der Waals surface area contributed by atoms with Gasteiger partial charge in [-0.15, -0.1) is 0 Å². The molecule has 0 amide bonds. The molecule has 3 N–H and O–H groups in total. The molecule has 0 bridgehead atoms. The Hall–Kier alpha value is -1.02. The number of hydrogen-bond acceptors (Lipinski definition) is 2. The van der Waals surface area contributed by atoms with E-state index in [-0.39, 0.29) is 0 Å². The van der Waals surface area contributed by atoms with Crippen molar-refractivity contribution >= 4 is 0 Å². The van der Waals surface area contributed by atoms with Crippen molar-refractivity contribution in [3.8, 4) is 5.75 Å². The van der Waals surface area contributed by atoms with E-state index in [0.717, 1.165) is 11.1 Å². The highest BCUT2D eigenvalue weighted by Crippen LogP contribution is 2.27. The van der Waals surface area contributed by atoms with Crippen molar-refractivity contribution in [2.75, 3.05) is 6.54 Å². The van der Waals surface area contributed by atoms with Gasteiger partial charge < -0.3 is 10.8 Å². The first-order valence-corrected chi connectivity index (χ1v) is 5.05. The largest absolute Gasteiger partial charge is 0.508 e. The highest BCUT2D eigenvalue weighted by Gasteiger charge is 2.14. The van der Waals surface area contributed by atoms with Gasteiger partial charge in [-0.2, -0.15) is 0 Å². The first-order chi connectivity index (χ1) is 6.56. The van der Waals surface area contributed by atoms with Crippen molar-refractivity contribution in [1.82, 2.24) is 0 Å². The molecular weight excluding hydrogens is 174 g/mol. The lowest BCUT2D eigenvalue weighted by Crippen LogP contribution is -2.17. The van der Waals surface area contributed by atoms with Crippen molar-refractivity contribution in [2.45, 2.75) is 26.7 Å². The average Bonchev–Trinajstić information content (AvgIpc) is 2.11. The zero-order valence-electron chi connectivity index (χ0n) is 9.12. The van der Waals surface area contributed by atoms with Crippen LogP contribution < -0.4 is 5.73 Å². The van der Waals surface area contributed by atoms with Crippen molar-refractivity contribution in [2.24, 2.45) is 11.7 Å². The summed E-state index contributed by atoms with van der Waals surface area (Å²) in [6.07, 6.45) is 0. The van der Waals surface area contributed by atoms with E-state index in [4.69, 9.17) is 5.73 Å². The van der Waals surface area contributed by atoms with Gasteiger partial charge in [-0.25, -0.2) is 0 Å². The first kappa shape index (κ1) is 11.1. The van der Waals surface area contributed by atoms with Crippen LogP contribution in [0.2, 0.25) is 0 Å². The quantitative estimate of drug-likeness (QED) is 0.774. The van der Waals surface area contributed by atoms with Gasteiger partial charge >= 0.3 is 0 Å². The Morgan fingerprint density at radius 1 is 1.36 bits per heavy atom. The van der Waals surface area contributed by atoms with Crippen LogP contribution in [0.25, 0.3) is 0 Å². The highest BCUT2D eigenvalue weighted by atomic mass is 16.3. The predicted octanol–water partition coefficient (Wildman–Crippen LogP) is 2.40. The fourth-order valence-corrected chi connectivity index (χ4v) is 1.65. The van der Waals surface area contributed by atoms with Crippen LogP contribution in [0.4, 0.5) is 0 Å². The number of hydrogen-bond donors (Lipinski definition) is 2. The maximum atomic E-state index is 9.59. The van der Waals surface area contributed by atoms with Crippen molar-refractivity contribution in [1.29, 1.82) is 0 Å². The first-order valence-electron chi connectivity index (χ1n) is 5.05. The minimum absolute atomic E-state index is 0.335. The molecule has 1 aromatic rings. The van der Waals surface area contributed by atoms with Crippen LogP contribution in [0.1, 0.15) is 30.9 Å². The van der Waals surface area contributed by atoms with E-state index in [1.165, 1.54) is 0 Å². The van der Waals surface area contributed by atoms with Gasteiger partial charge in [-0.1, -0.05) is 26.0 Å². The van der Waals surface area contributed by atoms with E-state index < -0.39 is 0 Å². The highest BCUT2D eigenvalue weighted by molar-refractivity contribution is 5.37. The molecule has 1 aromatic carbocycles. The van der Waals surface area contributed by atoms with Gasteiger partial charge in [-0.05, 0) is 42.5 Å². The van der Waals surface area contributed by atoms with Gasteiger partial charge in [0.2, 0.25) is 0 Å². The molecule has 2 heteroatoms. The summed E-state index contributed by atoms with van der Waals surface area (Å²) in [5.41, 5.74) is 7.75. The molecule has 0 heterocycles. The lowest BCUT2D eigenvalue weighted by molar-refractivity contribution is 0.464. The third kappa shape index (κ3) is 2.26. The number of phenols is 1. The summed E-state index contributed by atoms with van der Waals surface area (Å²) in [4.78, 5) is 0. The van der Waals surface area contributed by atoms with Crippen LogP contribution in [-0.4, -0.2) is 11.7 Å². The van der Waals surface area contributed by atoms with Crippen LogP contribution in [0, 0.1) is 12.8 Å². The fourth-order valence-electron chi connectivity index (χ4n) is 1.65. The minimum atomic E-state index is 0.335. The molecule has 78 valence electrons. The summed E-state index contributed by atoms with van der Waals surface area (Å²) in [5.74, 6) is 1.20. The number of benzene rings is 1. The third-order valence-electron chi connectivity index (χ3n) is 2.72. The van der Waals surface area contributed by atoms with Gasteiger partial charge in [0.1, 0.15) is 5.75 Å². The topological polar surface area (TPSA) is 46.2 Å². The van der Waals surface area contributed by atoms with Crippen LogP contribution in [-0.2, 0) is 0 Å². The van der Waals surface area contributed by atoms with Gasteiger partial charge in [0.15, 0.2) is 0 Å². The molecule has 0 spiro atoms. The van der Waals surface area contributed by atoms with Gasteiger partial charge in [0, 0.05) is 0 Å². The molecule has 2 nitrogen and oxygen atoms in total. The Labute approximate surface area is 85.8 Å². The van der Waals surface area contributed by atoms with Crippen LogP contribution in [0.3, 0.4) is 0 Å². The molecule has 1 unspecified atom stereocenters. The van der Waals surface area contributed by atoms with Gasteiger partial charge in [-0.3, -0.25) is 0 Å². The average molecular weight is 193 g/mol. The van der Waals surface area contributed by atoms with E-state index in [1.807, 2.05) is 25.1 Å². The Morgan fingerprint density at radius 3 is 2.43 bits per heavy atom. The van der Waals surface area contributed by atoms with Gasteiger partial charge in [0.05, 0.1) is 0 Å². The van der Waals surface area contributed by atoms with E-state index in [2.05, 4.69) is 13.8 Å². The van der Waals surface area contributed by atoms with Gasteiger partial charge in [0.25, 0.3) is 0 Å². The van der Waals surface area contributed by atoms with Crippen LogP contribution in [0.15, 0.2) is 18.2 Å². The maximum Gasteiger partial charge on any atom is 0.118 e. The molecule has 1 atom stereocenters. The summed E-state index contributed by atoms with van der Waals surface area (Å²) >= 11 is 0. The molecule has 0 fully saturated rings. The Morgan fingerprint density at radius 2 is 2.00 bits per heavy atom. The fraction of sp³-hybridized carbons (Fsp3) is 0.500. The standard InChI is InChI=1S/C12H19NO/c1-8(2)11(7-13)10-5-4-9(3)12(14)6-10/h4-6,8,11,14H,7,13H2,1-3H3.